The zero-order valence-electron chi connectivity index (χ0n) is 7.79. The predicted molar refractivity (Wildman–Crippen MR) is 59.2 cm³/mol. The zero-order valence-corrected chi connectivity index (χ0v) is 9.37. The molecule has 0 aliphatic carbocycles. The fraction of sp³-hybridized carbons (Fsp3) is 0.200. The third-order valence-electron chi connectivity index (χ3n) is 2.14. The largest absolute Gasteiger partial charge is 0.282 e. The molecule has 0 radical (unpaired) electrons. The second-order valence-electron chi connectivity index (χ2n) is 3.05. The third-order valence-corrected chi connectivity index (χ3v) is 2.70. The summed E-state index contributed by atoms with van der Waals surface area (Å²) in [4.78, 5) is 4.08. The number of aromatic nitrogens is 3. The number of aryl methyl sites for hydroxylation is 1. The van der Waals surface area contributed by atoms with Crippen molar-refractivity contribution in [2.45, 2.75) is 12.3 Å². The Morgan fingerprint density at radius 1 is 1.50 bits per heavy atom. The summed E-state index contributed by atoms with van der Waals surface area (Å²) in [5, 5.41) is 8.05. The molecule has 14 heavy (non-hydrogen) atoms. The number of aromatic amines is 1. The maximum atomic E-state index is 4.26. The van der Waals surface area contributed by atoms with Crippen LogP contribution in [0.25, 0.3) is 11.3 Å². The number of H-pyrrole nitrogens is 1. The summed E-state index contributed by atoms with van der Waals surface area (Å²) in [7, 11) is 0. The Bertz CT molecular complexity index is 422. The van der Waals surface area contributed by atoms with Crippen LogP contribution in [-0.2, 0) is 5.33 Å². The van der Waals surface area contributed by atoms with Crippen molar-refractivity contribution in [1.82, 2.24) is 15.2 Å². The molecular weight excluding hydrogens is 242 g/mol. The Morgan fingerprint density at radius 2 is 2.36 bits per heavy atom. The van der Waals surface area contributed by atoms with Gasteiger partial charge in [0.05, 0.1) is 5.69 Å². The Labute approximate surface area is 90.7 Å². The van der Waals surface area contributed by atoms with Gasteiger partial charge in [0, 0.05) is 34.5 Å². The van der Waals surface area contributed by atoms with E-state index in [0.29, 0.717) is 0 Å². The van der Waals surface area contributed by atoms with Crippen molar-refractivity contribution in [2.24, 2.45) is 0 Å². The Kier molecular flexibility index (Phi) is 2.63. The highest BCUT2D eigenvalue weighted by Crippen LogP contribution is 2.24. The summed E-state index contributed by atoms with van der Waals surface area (Å²) in [5.41, 5.74) is 4.32. The lowest BCUT2D eigenvalue weighted by atomic mass is 10.1. The van der Waals surface area contributed by atoms with Crippen LogP contribution in [0.15, 0.2) is 24.5 Å². The van der Waals surface area contributed by atoms with E-state index >= 15 is 0 Å². The van der Waals surface area contributed by atoms with Gasteiger partial charge in [-0.05, 0) is 19.1 Å². The number of pyridine rings is 1. The molecule has 0 amide bonds. The van der Waals surface area contributed by atoms with E-state index in [4.69, 9.17) is 0 Å². The lowest BCUT2D eigenvalue weighted by Gasteiger charge is -1.98. The quantitative estimate of drug-likeness (QED) is 0.835. The normalized spacial score (nSPS) is 10.4. The molecule has 0 fully saturated rings. The average Bonchev–Trinajstić information content (AvgIpc) is 2.61. The molecule has 2 heterocycles. The van der Waals surface area contributed by atoms with E-state index in [1.165, 1.54) is 5.56 Å². The van der Waals surface area contributed by atoms with Crippen LogP contribution in [0.1, 0.15) is 11.3 Å². The highest BCUT2D eigenvalue weighted by Gasteiger charge is 2.10. The van der Waals surface area contributed by atoms with E-state index < -0.39 is 0 Å². The van der Waals surface area contributed by atoms with Gasteiger partial charge < -0.3 is 0 Å². The van der Waals surface area contributed by atoms with Crippen molar-refractivity contribution in [2.75, 3.05) is 0 Å². The fourth-order valence-corrected chi connectivity index (χ4v) is 2.04. The number of nitrogens with zero attached hydrogens (tertiary/aromatic N) is 2. The van der Waals surface area contributed by atoms with Crippen molar-refractivity contribution in [3.8, 4) is 11.3 Å². The van der Waals surface area contributed by atoms with E-state index in [1.54, 1.807) is 6.20 Å². The summed E-state index contributed by atoms with van der Waals surface area (Å²) in [6, 6.07) is 3.92. The molecule has 0 spiro atoms. The number of hydrogen-bond donors (Lipinski definition) is 1. The van der Waals surface area contributed by atoms with Crippen molar-refractivity contribution < 1.29 is 0 Å². The molecule has 0 aromatic carbocycles. The van der Waals surface area contributed by atoms with Crippen molar-refractivity contribution >= 4 is 15.9 Å². The van der Waals surface area contributed by atoms with Gasteiger partial charge in [0.2, 0.25) is 0 Å². The van der Waals surface area contributed by atoms with Gasteiger partial charge in [0.15, 0.2) is 0 Å². The van der Waals surface area contributed by atoms with Crippen molar-refractivity contribution in [1.29, 1.82) is 0 Å². The van der Waals surface area contributed by atoms with Crippen LogP contribution in [0.2, 0.25) is 0 Å². The number of halogens is 1. The van der Waals surface area contributed by atoms with Crippen LogP contribution < -0.4 is 0 Å². The second-order valence-corrected chi connectivity index (χ2v) is 3.61. The van der Waals surface area contributed by atoms with Gasteiger partial charge in [-0.15, -0.1) is 0 Å². The molecular formula is C10H10BrN3. The fourth-order valence-electron chi connectivity index (χ4n) is 1.36. The maximum absolute atomic E-state index is 4.26. The molecule has 4 heteroatoms. The van der Waals surface area contributed by atoms with Crippen LogP contribution in [0.4, 0.5) is 0 Å². The minimum absolute atomic E-state index is 0.805. The summed E-state index contributed by atoms with van der Waals surface area (Å²) in [6.07, 6.45) is 3.58. The summed E-state index contributed by atoms with van der Waals surface area (Å²) in [5.74, 6) is 0. The summed E-state index contributed by atoms with van der Waals surface area (Å²) in [6.45, 7) is 2.02. The van der Waals surface area contributed by atoms with E-state index in [2.05, 4.69) is 31.1 Å². The van der Waals surface area contributed by atoms with Gasteiger partial charge in [0.25, 0.3) is 0 Å². The minimum Gasteiger partial charge on any atom is -0.282 e. The molecule has 72 valence electrons. The van der Waals surface area contributed by atoms with Gasteiger partial charge >= 0.3 is 0 Å². The molecule has 2 aromatic heterocycles. The number of nitrogens with one attached hydrogen (secondary N) is 1. The molecule has 0 unspecified atom stereocenters. The minimum atomic E-state index is 0.805. The van der Waals surface area contributed by atoms with E-state index in [1.807, 2.05) is 25.3 Å². The first-order chi connectivity index (χ1) is 6.83. The van der Waals surface area contributed by atoms with Gasteiger partial charge in [0.1, 0.15) is 0 Å². The third kappa shape index (κ3) is 1.57. The van der Waals surface area contributed by atoms with Gasteiger partial charge in [-0.25, -0.2) is 0 Å². The standard InChI is InChI=1S/C10H10BrN3/c1-7-9(5-11)10(14-13-7)8-3-2-4-12-6-8/h2-4,6H,5H2,1H3,(H,13,14). The first kappa shape index (κ1) is 9.40. The van der Waals surface area contributed by atoms with Crippen molar-refractivity contribution in [3.05, 3.63) is 35.8 Å². The van der Waals surface area contributed by atoms with Gasteiger partial charge in [-0.1, -0.05) is 15.9 Å². The lowest BCUT2D eigenvalue weighted by Crippen LogP contribution is -1.85. The Hall–Kier alpha value is -1.16. The SMILES string of the molecule is Cc1[nH]nc(-c2cccnc2)c1CBr. The molecule has 2 aromatic rings. The van der Waals surface area contributed by atoms with Gasteiger partial charge in [-0.2, -0.15) is 5.10 Å². The summed E-state index contributed by atoms with van der Waals surface area (Å²) < 4.78 is 0. The topological polar surface area (TPSA) is 41.6 Å². The molecule has 0 aliphatic heterocycles. The first-order valence-electron chi connectivity index (χ1n) is 4.33. The second kappa shape index (κ2) is 3.92. The number of hydrogen-bond acceptors (Lipinski definition) is 2. The average molecular weight is 252 g/mol. The van der Waals surface area contributed by atoms with Crippen LogP contribution in [0, 0.1) is 6.92 Å². The first-order valence-corrected chi connectivity index (χ1v) is 5.45. The predicted octanol–water partition coefficient (Wildman–Crippen LogP) is 2.68. The highest BCUT2D eigenvalue weighted by molar-refractivity contribution is 9.08. The van der Waals surface area contributed by atoms with Gasteiger partial charge in [-0.3, -0.25) is 10.1 Å². The molecule has 1 N–H and O–H groups in total. The van der Waals surface area contributed by atoms with E-state index in [0.717, 1.165) is 22.3 Å². The summed E-state index contributed by atoms with van der Waals surface area (Å²) >= 11 is 3.46. The molecule has 0 saturated heterocycles. The van der Waals surface area contributed by atoms with Crippen LogP contribution in [0.3, 0.4) is 0 Å². The zero-order chi connectivity index (χ0) is 9.97. The monoisotopic (exact) mass is 251 g/mol. The molecule has 0 atom stereocenters. The van der Waals surface area contributed by atoms with Crippen LogP contribution in [0.5, 0.6) is 0 Å². The maximum Gasteiger partial charge on any atom is 0.0979 e. The van der Waals surface area contributed by atoms with Crippen molar-refractivity contribution in [3.63, 3.8) is 0 Å². The molecule has 0 aliphatic rings. The Balaban J connectivity index is 2.52. The van der Waals surface area contributed by atoms with E-state index in [-0.39, 0.29) is 0 Å². The smallest absolute Gasteiger partial charge is 0.0979 e. The highest BCUT2D eigenvalue weighted by atomic mass is 79.9. The van der Waals surface area contributed by atoms with Crippen LogP contribution in [-0.4, -0.2) is 15.2 Å². The van der Waals surface area contributed by atoms with E-state index in [9.17, 15) is 0 Å². The molecule has 3 nitrogen and oxygen atoms in total. The molecule has 2 rings (SSSR count). The number of rotatable bonds is 2. The molecule has 0 bridgehead atoms. The number of alkyl halides is 1. The Morgan fingerprint density at radius 3 is 3.00 bits per heavy atom. The molecule has 0 saturated carbocycles. The van der Waals surface area contributed by atoms with Crippen LogP contribution >= 0.6 is 15.9 Å². The lowest BCUT2D eigenvalue weighted by molar-refractivity contribution is 1.05.